The van der Waals surface area contributed by atoms with E-state index in [1.54, 1.807) is 0 Å². The highest BCUT2D eigenvalue weighted by Crippen LogP contribution is 2.38. The molecule has 2 heterocycles. The van der Waals surface area contributed by atoms with Gasteiger partial charge in [0.1, 0.15) is 0 Å². The van der Waals surface area contributed by atoms with Crippen molar-refractivity contribution in [3.8, 4) is 0 Å². The molecule has 2 aromatic rings. The lowest BCUT2D eigenvalue weighted by atomic mass is 9.82. The number of likely N-dealkylation sites (tertiary alicyclic amines) is 2. The first kappa shape index (κ1) is 23.0. The van der Waals surface area contributed by atoms with Gasteiger partial charge in [0, 0.05) is 30.9 Å². The first-order chi connectivity index (χ1) is 15.5. The number of nitrogens with zero attached hydrogens (tertiary/aromatic N) is 2. The summed E-state index contributed by atoms with van der Waals surface area (Å²) >= 11 is 0. The normalized spacial score (nSPS) is 24.3. The maximum atomic E-state index is 12.6. The zero-order chi connectivity index (χ0) is 22.6. The summed E-state index contributed by atoms with van der Waals surface area (Å²) in [6.07, 6.45) is 3.69. The van der Waals surface area contributed by atoms with Gasteiger partial charge in [-0.1, -0.05) is 56.3 Å². The molecule has 1 spiro atoms. The zero-order valence-electron chi connectivity index (χ0n) is 19.5. The first-order valence-electron chi connectivity index (χ1n) is 12.1. The molecule has 2 saturated heterocycles. The van der Waals surface area contributed by atoms with Gasteiger partial charge in [-0.05, 0) is 61.4 Å². The summed E-state index contributed by atoms with van der Waals surface area (Å²) in [6, 6.07) is 18.7. The van der Waals surface area contributed by atoms with Gasteiger partial charge in [-0.15, -0.1) is 0 Å². The van der Waals surface area contributed by atoms with Crippen molar-refractivity contribution in [1.29, 1.82) is 0 Å². The average Bonchev–Trinajstić information content (AvgIpc) is 3.19. The fourth-order valence-corrected chi connectivity index (χ4v) is 5.38. The van der Waals surface area contributed by atoms with E-state index >= 15 is 0 Å². The van der Waals surface area contributed by atoms with Gasteiger partial charge in [0.25, 0.3) is 0 Å². The summed E-state index contributed by atoms with van der Waals surface area (Å²) in [5, 5.41) is 14.2. The third-order valence-corrected chi connectivity index (χ3v) is 7.32. The summed E-state index contributed by atoms with van der Waals surface area (Å²) in [5.74, 6) is 0.461. The highest BCUT2D eigenvalue weighted by Gasteiger charge is 2.48. The topological polar surface area (TPSA) is 55.8 Å². The van der Waals surface area contributed by atoms with E-state index in [1.165, 1.54) is 11.1 Å². The SMILES string of the molecule is CC(C)c1ccc(NC(=O)CN2CC[C@@]3(CCCN3CCc3ccccc3)[C@@H](O)C2)cc1. The van der Waals surface area contributed by atoms with E-state index in [0.29, 0.717) is 19.0 Å². The summed E-state index contributed by atoms with van der Waals surface area (Å²) in [5.41, 5.74) is 3.31. The number of rotatable bonds is 7. The monoisotopic (exact) mass is 435 g/mol. The Balaban J connectivity index is 1.29. The summed E-state index contributed by atoms with van der Waals surface area (Å²) in [4.78, 5) is 17.2. The van der Waals surface area contributed by atoms with Gasteiger partial charge in [-0.2, -0.15) is 0 Å². The van der Waals surface area contributed by atoms with E-state index in [-0.39, 0.29) is 11.4 Å². The lowest BCUT2D eigenvalue weighted by Gasteiger charge is -2.48. The second-order valence-corrected chi connectivity index (χ2v) is 9.76. The first-order valence-corrected chi connectivity index (χ1v) is 12.1. The molecule has 2 aromatic carbocycles. The van der Waals surface area contributed by atoms with Gasteiger partial charge in [0.2, 0.25) is 5.91 Å². The number of anilines is 1. The van der Waals surface area contributed by atoms with E-state index in [0.717, 1.165) is 51.0 Å². The van der Waals surface area contributed by atoms with Crippen molar-refractivity contribution in [2.24, 2.45) is 0 Å². The molecular formula is C27H37N3O2. The zero-order valence-corrected chi connectivity index (χ0v) is 19.5. The van der Waals surface area contributed by atoms with Gasteiger partial charge in [0.15, 0.2) is 0 Å². The van der Waals surface area contributed by atoms with E-state index in [4.69, 9.17) is 0 Å². The third-order valence-electron chi connectivity index (χ3n) is 7.32. The molecule has 0 unspecified atom stereocenters. The van der Waals surface area contributed by atoms with Crippen LogP contribution in [0.5, 0.6) is 0 Å². The Morgan fingerprint density at radius 3 is 2.53 bits per heavy atom. The fourth-order valence-electron chi connectivity index (χ4n) is 5.38. The third kappa shape index (κ3) is 5.22. The molecule has 2 aliphatic rings. The smallest absolute Gasteiger partial charge is 0.238 e. The van der Waals surface area contributed by atoms with Crippen molar-refractivity contribution < 1.29 is 9.90 Å². The van der Waals surface area contributed by atoms with Crippen molar-refractivity contribution in [2.45, 2.75) is 57.1 Å². The van der Waals surface area contributed by atoms with Crippen LogP contribution in [0, 0.1) is 0 Å². The molecule has 0 bridgehead atoms. The predicted molar refractivity (Wildman–Crippen MR) is 130 cm³/mol. The van der Waals surface area contributed by atoms with Crippen LogP contribution in [0.15, 0.2) is 54.6 Å². The minimum Gasteiger partial charge on any atom is -0.390 e. The number of β-amino-alcohol motifs (C(OH)–C–C–N with tert-alkyl or cyclic N) is 1. The molecule has 0 aromatic heterocycles. The number of hydrogen-bond acceptors (Lipinski definition) is 4. The van der Waals surface area contributed by atoms with Crippen molar-refractivity contribution >= 4 is 11.6 Å². The number of piperidine rings is 1. The number of aliphatic hydroxyl groups is 1. The Labute approximate surface area is 192 Å². The summed E-state index contributed by atoms with van der Waals surface area (Å²) < 4.78 is 0. The number of benzene rings is 2. The molecule has 32 heavy (non-hydrogen) atoms. The number of carbonyl (C=O) groups excluding carboxylic acids is 1. The Morgan fingerprint density at radius 1 is 1.09 bits per heavy atom. The van der Waals surface area contributed by atoms with Crippen LogP contribution in [-0.4, -0.2) is 65.2 Å². The molecular weight excluding hydrogens is 398 g/mol. The molecule has 5 nitrogen and oxygen atoms in total. The number of hydrogen-bond donors (Lipinski definition) is 2. The van der Waals surface area contributed by atoms with Gasteiger partial charge in [-0.3, -0.25) is 14.6 Å². The Bertz CT molecular complexity index is 884. The van der Waals surface area contributed by atoms with Gasteiger partial charge in [0.05, 0.1) is 12.6 Å². The standard InChI is InChI=1S/C27H37N3O2/c1-21(2)23-9-11-24(12-10-23)28-26(32)20-29-18-15-27(25(31)19-29)14-6-16-30(27)17-13-22-7-4-3-5-8-22/h3-5,7-12,21,25,31H,6,13-20H2,1-2H3,(H,28,32)/t25-,27-/m0/s1. The maximum Gasteiger partial charge on any atom is 0.238 e. The molecule has 172 valence electrons. The average molecular weight is 436 g/mol. The van der Waals surface area contributed by atoms with Gasteiger partial charge >= 0.3 is 0 Å². The molecule has 1 amide bonds. The number of aliphatic hydroxyl groups excluding tert-OH is 1. The van der Waals surface area contributed by atoms with Crippen LogP contribution < -0.4 is 5.32 Å². The van der Waals surface area contributed by atoms with E-state index in [9.17, 15) is 9.90 Å². The molecule has 2 fully saturated rings. The lowest BCUT2D eigenvalue weighted by molar-refractivity contribution is -0.120. The van der Waals surface area contributed by atoms with Crippen LogP contribution in [-0.2, 0) is 11.2 Å². The van der Waals surface area contributed by atoms with Gasteiger partial charge in [-0.25, -0.2) is 0 Å². The maximum absolute atomic E-state index is 12.6. The lowest BCUT2D eigenvalue weighted by Crippen LogP contribution is -2.62. The minimum atomic E-state index is -0.423. The second-order valence-electron chi connectivity index (χ2n) is 9.76. The molecule has 2 atom stereocenters. The van der Waals surface area contributed by atoms with E-state index in [1.807, 2.05) is 12.1 Å². The minimum absolute atomic E-state index is 0.0159. The van der Waals surface area contributed by atoms with Crippen molar-refractivity contribution in [3.63, 3.8) is 0 Å². The van der Waals surface area contributed by atoms with Crippen LogP contribution in [0.4, 0.5) is 5.69 Å². The fraction of sp³-hybridized carbons (Fsp3) is 0.519. The quantitative estimate of drug-likeness (QED) is 0.693. The van der Waals surface area contributed by atoms with Gasteiger partial charge < -0.3 is 10.4 Å². The molecule has 5 heteroatoms. The van der Waals surface area contributed by atoms with Crippen LogP contribution in [0.2, 0.25) is 0 Å². The van der Waals surface area contributed by atoms with Crippen LogP contribution in [0.1, 0.15) is 50.2 Å². The highest BCUT2D eigenvalue weighted by atomic mass is 16.3. The molecule has 4 rings (SSSR count). The molecule has 0 saturated carbocycles. The molecule has 0 aliphatic carbocycles. The molecule has 0 radical (unpaired) electrons. The van der Waals surface area contributed by atoms with Crippen LogP contribution in [0.25, 0.3) is 0 Å². The summed E-state index contributed by atoms with van der Waals surface area (Å²) in [6.45, 7) is 8.08. The number of nitrogens with one attached hydrogen (secondary N) is 1. The largest absolute Gasteiger partial charge is 0.390 e. The number of amides is 1. The summed E-state index contributed by atoms with van der Waals surface area (Å²) in [7, 11) is 0. The highest BCUT2D eigenvalue weighted by molar-refractivity contribution is 5.92. The number of carbonyl (C=O) groups is 1. The van der Waals surface area contributed by atoms with E-state index in [2.05, 4.69) is 71.4 Å². The second kappa shape index (κ2) is 10.2. The molecule has 2 aliphatic heterocycles. The predicted octanol–water partition coefficient (Wildman–Crippen LogP) is 3.89. The van der Waals surface area contributed by atoms with Crippen LogP contribution in [0.3, 0.4) is 0 Å². The Hall–Kier alpha value is -2.21. The molecule has 2 N–H and O–H groups in total. The van der Waals surface area contributed by atoms with Crippen molar-refractivity contribution in [3.05, 3.63) is 65.7 Å². The van der Waals surface area contributed by atoms with Crippen molar-refractivity contribution in [1.82, 2.24) is 9.80 Å². The van der Waals surface area contributed by atoms with Crippen molar-refractivity contribution in [2.75, 3.05) is 38.0 Å². The van der Waals surface area contributed by atoms with E-state index < -0.39 is 6.10 Å². The Morgan fingerprint density at radius 2 is 1.84 bits per heavy atom. The Kier molecular flexibility index (Phi) is 7.29. The van der Waals surface area contributed by atoms with Crippen LogP contribution >= 0.6 is 0 Å².